The Balaban J connectivity index is 1.61. The van der Waals surface area contributed by atoms with Crippen LogP contribution in [-0.4, -0.2) is 35.6 Å². The molecule has 138 valence electrons. The highest BCUT2D eigenvalue weighted by Crippen LogP contribution is 2.21. The second-order valence-electron chi connectivity index (χ2n) is 6.16. The Kier molecular flexibility index (Phi) is 6.03. The minimum Gasteiger partial charge on any atom is -0.467 e. The summed E-state index contributed by atoms with van der Waals surface area (Å²) in [6.07, 6.45) is 3.46. The van der Waals surface area contributed by atoms with Gasteiger partial charge in [-0.1, -0.05) is 15.9 Å². The molecule has 0 bridgehead atoms. The quantitative estimate of drug-likeness (QED) is 0.795. The normalized spacial score (nSPS) is 14.2. The number of benzene rings is 1. The molecule has 1 N–H and O–H groups in total. The van der Waals surface area contributed by atoms with E-state index in [2.05, 4.69) is 36.1 Å². The summed E-state index contributed by atoms with van der Waals surface area (Å²) in [6, 6.07) is 6.11. The molecule has 1 amide bonds. The summed E-state index contributed by atoms with van der Waals surface area (Å²) in [6.45, 7) is 3.45. The number of piperidine rings is 1. The van der Waals surface area contributed by atoms with Crippen molar-refractivity contribution < 1.29 is 13.9 Å². The molecular formula is C18H20BrFN4O2. The minimum absolute atomic E-state index is 0.106. The number of halogens is 2. The molecular weight excluding hydrogens is 403 g/mol. The predicted molar refractivity (Wildman–Crippen MR) is 101 cm³/mol. The highest BCUT2D eigenvalue weighted by Gasteiger charge is 2.16. The molecule has 26 heavy (non-hydrogen) atoms. The third-order valence-electron chi connectivity index (χ3n) is 4.01. The van der Waals surface area contributed by atoms with Gasteiger partial charge in [-0.25, -0.2) is 9.37 Å². The highest BCUT2D eigenvalue weighted by atomic mass is 79.9. The molecule has 1 fully saturated rings. The molecule has 2 heterocycles. The van der Waals surface area contributed by atoms with Crippen molar-refractivity contribution in [3.63, 3.8) is 0 Å². The van der Waals surface area contributed by atoms with Gasteiger partial charge in [-0.15, -0.1) is 0 Å². The number of amides is 1. The van der Waals surface area contributed by atoms with Gasteiger partial charge in [0.25, 0.3) is 5.91 Å². The van der Waals surface area contributed by atoms with Crippen molar-refractivity contribution in [2.75, 3.05) is 29.9 Å². The van der Waals surface area contributed by atoms with E-state index in [0.29, 0.717) is 16.3 Å². The van der Waals surface area contributed by atoms with Crippen molar-refractivity contribution in [3.05, 3.63) is 40.2 Å². The van der Waals surface area contributed by atoms with E-state index in [1.807, 2.05) is 6.92 Å². The number of hydrogen-bond donors (Lipinski definition) is 1. The molecule has 0 radical (unpaired) electrons. The lowest BCUT2D eigenvalue weighted by molar-refractivity contribution is -0.118. The van der Waals surface area contributed by atoms with Gasteiger partial charge < -0.3 is 15.0 Å². The molecule has 0 aliphatic carbocycles. The van der Waals surface area contributed by atoms with Crippen molar-refractivity contribution >= 4 is 33.5 Å². The van der Waals surface area contributed by atoms with E-state index >= 15 is 0 Å². The van der Waals surface area contributed by atoms with Crippen LogP contribution < -0.4 is 15.0 Å². The minimum atomic E-state index is -0.516. The number of anilines is 2. The SMILES string of the molecule is Cc1cc(OCC(=O)Nc2ccc(Br)cc2F)nc(N2CCCCC2)n1. The lowest BCUT2D eigenvalue weighted by atomic mass is 10.1. The summed E-state index contributed by atoms with van der Waals surface area (Å²) in [5, 5.41) is 2.49. The summed E-state index contributed by atoms with van der Waals surface area (Å²) in [5.41, 5.74) is 0.879. The molecule has 8 heteroatoms. The Morgan fingerprint density at radius 3 is 2.77 bits per heavy atom. The predicted octanol–water partition coefficient (Wildman–Crippen LogP) is 3.69. The first-order chi connectivity index (χ1) is 12.5. The molecule has 6 nitrogen and oxygen atoms in total. The smallest absolute Gasteiger partial charge is 0.262 e. The second kappa shape index (κ2) is 8.44. The number of nitrogens with one attached hydrogen (secondary N) is 1. The van der Waals surface area contributed by atoms with Gasteiger partial charge in [0, 0.05) is 29.3 Å². The maximum Gasteiger partial charge on any atom is 0.262 e. The van der Waals surface area contributed by atoms with Crippen molar-refractivity contribution in [2.24, 2.45) is 0 Å². The van der Waals surface area contributed by atoms with Gasteiger partial charge in [0.15, 0.2) is 6.61 Å². The molecule has 1 saturated heterocycles. The summed E-state index contributed by atoms with van der Waals surface area (Å²) in [5.74, 6) is -0.0106. The van der Waals surface area contributed by atoms with Gasteiger partial charge in [0.1, 0.15) is 5.82 Å². The monoisotopic (exact) mass is 422 g/mol. The Hall–Kier alpha value is -2.22. The van der Waals surface area contributed by atoms with E-state index in [9.17, 15) is 9.18 Å². The van der Waals surface area contributed by atoms with Gasteiger partial charge in [-0.3, -0.25) is 4.79 Å². The van der Waals surface area contributed by atoms with Crippen LogP contribution in [-0.2, 0) is 4.79 Å². The van der Waals surface area contributed by atoms with E-state index in [0.717, 1.165) is 31.6 Å². The summed E-state index contributed by atoms with van der Waals surface area (Å²) < 4.78 is 19.9. The number of carbonyl (C=O) groups is 1. The zero-order valence-corrected chi connectivity index (χ0v) is 16.1. The Bertz CT molecular complexity index is 797. The number of aromatic nitrogens is 2. The van der Waals surface area contributed by atoms with Crippen LogP contribution in [0.4, 0.5) is 16.0 Å². The molecule has 0 spiro atoms. The van der Waals surface area contributed by atoms with Crippen molar-refractivity contribution in [3.8, 4) is 5.88 Å². The molecule has 0 unspecified atom stereocenters. The highest BCUT2D eigenvalue weighted by molar-refractivity contribution is 9.10. The summed E-state index contributed by atoms with van der Waals surface area (Å²) in [7, 11) is 0. The van der Waals surface area contributed by atoms with E-state index in [1.54, 1.807) is 12.1 Å². The van der Waals surface area contributed by atoms with Crippen molar-refractivity contribution in [1.82, 2.24) is 9.97 Å². The Labute approximate surface area is 159 Å². The first kappa shape index (κ1) is 18.6. The van der Waals surface area contributed by atoms with Crippen LogP contribution in [0.25, 0.3) is 0 Å². The molecule has 0 atom stereocenters. The average molecular weight is 423 g/mol. The third-order valence-corrected chi connectivity index (χ3v) is 4.51. The van der Waals surface area contributed by atoms with E-state index in [1.165, 1.54) is 18.6 Å². The van der Waals surface area contributed by atoms with Crippen LogP contribution in [0.15, 0.2) is 28.7 Å². The fraction of sp³-hybridized carbons (Fsp3) is 0.389. The van der Waals surface area contributed by atoms with Gasteiger partial charge in [0.2, 0.25) is 11.8 Å². The van der Waals surface area contributed by atoms with E-state index in [-0.39, 0.29) is 12.3 Å². The molecule has 1 aliphatic heterocycles. The topological polar surface area (TPSA) is 67.3 Å². The summed E-state index contributed by atoms with van der Waals surface area (Å²) in [4.78, 5) is 23.0. The van der Waals surface area contributed by atoms with Crippen LogP contribution in [0.1, 0.15) is 25.0 Å². The maximum atomic E-state index is 13.8. The zero-order valence-electron chi connectivity index (χ0n) is 14.5. The number of aryl methyl sites for hydroxylation is 1. The average Bonchev–Trinajstić information content (AvgIpc) is 2.63. The third kappa shape index (κ3) is 4.91. The second-order valence-corrected chi connectivity index (χ2v) is 7.07. The van der Waals surface area contributed by atoms with Crippen molar-refractivity contribution in [1.29, 1.82) is 0 Å². The maximum absolute atomic E-state index is 13.8. The van der Waals surface area contributed by atoms with E-state index < -0.39 is 11.7 Å². The Morgan fingerprint density at radius 1 is 1.27 bits per heavy atom. The van der Waals surface area contributed by atoms with Gasteiger partial charge in [-0.05, 0) is 44.4 Å². The molecule has 3 rings (SSSR count). The van der Waals surface area contributed by atoms with E-state index in [4.69, 9.17) is 4.74 Å². The molecule has 1 aromatic carbocycles. The van der Waals surface area contributed by atoms with Gasteiger partial charge in [0.05, 0.1) is 5.69 Å². The fourth-order valence-corrected chi connectivity index (χ4v) is 3.08. The standard InChI is InChI=1S/C18H20BrFN4O2/c1-12-9-17(23-18(21-12)24-7-3-2-4-8-24)26-11-16(25)22-15-6-5-13(19)10-14(15)20/h5-6,9-10H,2-4,7-8,11H2,1H3,(H,22,25). The molecule has 1 aromatic heterocycles. The number of carbonyl (C=O) groups excluding carboxylic acids is 1. The van der Waals surface area contributed by atoms with Gasteiger partial charge >= 0.3 is 0 Å². The van der Waals surface area contributed by atoms with Crippen LogP contribution in [0.5, 0.6) is 5.88 Å². The van der Waals surface area contributed by atoms with Crippen LogP contribution in [0, 0.1) is 12.7 Å². The summed E-state index contributed by atoms with van der Waals surface area (Å²) >= 11 is 3.17. The first-order valence-electron chi connectivity index (χ1n) is 8.49. The number of ether oxygens (including phenoxy) is 1. The zero-order chi connectivity index (χ0) is 18.5. The fourth-order valence-electron chi connectivity index (χ4n) is 2.75. The van der Waals surface area contributed by atoms with Crippen LogP contribution in [0.3, 0.4) is 0 Å². The number of nitrogens with zero attached hydrogens (tertiary/aromatic N) is 3. The van der Waals surface area contributed by atoms with Crippen LogP contribution in [0.2, 0.25) is 0 Å². The van der Waals surface area contributed by atoms with Crippen molar-refractivity contribution in [2.45, 2.75) is 26.2 Å². The number of rotatable bonds is 5. The molecule has 2 aromatic rings. The largest absolute Gasteiger partial charge is 0.467 e. The first-order valence-corrected chi connectivity index (χ1v) is 9.29. The molecule has 1 aliphatic rings. The van der Waals surface area contributed by atoms with Crippen LogP contribution >= 0.6 is 15.9 Å². The molecule has 0 saturated carbocycles. The lowest BCUT2D eigenvalue weighted by Crippen LogP contribution is -2.31. The van der Waals surface area contributed by atoms with Gasteiger partial charge in [-0.2, -0.15) is 4.98 Å². The Morgan fingerprint density at radius 2 is 2.04 bits per heavy atom. The number of hydrogen-bond acceptors (Lipinski definition) is 5. The lowest BCUT2D eigenvalue weighted by Gasteiger charge is -2.26.